The Morgan fingerprint density at radius 2 is 1.90 bits per heavy atom. The molecule has 3 fully saturated rings. The molecule has 3 rings (SSSR count). The number of amides is 5. The van der Waals surface area contributed by atoms with E-state index in [0.717, 1.165) is 0 Å². The third-order valence-electron chi connectivity index (χ3n) is 4.06. The molecule has 0 radical (unpaired) electrons. The van der Waals surface area contributed by atoms with Crippen LogP contribution in [0.3, 0.4) is 0 Å². The number of imide groups is 1. The van der Waals surface area contributed by atoms with Gasteiger partial charge in [-0.3, -0.25) is 10.1 Å². The monoisotopic (exact) mass is 282 g/mol. The molecule has 2 N–H and O–H groups in total. The molecule has 0 bridgehead atoms. The molecule has 3 heterocycles. The SMILES string of the molecule is O=C1NC(=O)C2(CCCN(C(=O)N3CCOCC3)C2)N1. The Bertz CT molecular complexity index is 449. The van der Waals surface area contributed by atoms with Crippen molar-refractivity contribution in [2.24, 2.45) is 0 Å². The van der Waals surface area contributed by atoms with E-state index in [9.17, 15) is 14.4 Å². The van der Waals surface area contributed by atoms with Crippen LogP contribution in [-0.2, 0) is 9.53 Å². The van der Waals surface area contributed by atoms with Crippen LogP contribution in [0.1, 0.15) is 12.8 Å². The first kappa shape index (κ1) is 13.2. The third-order valence-corrected chi connectivity index (χ3v) is 4.06. The van der Waals surface area contributed by atoms with Crippen molar-refractivity contribution < 1.29 is 19.1 Å². The van der Waals surface area contributed by atoms with E-state index in [4.69, 9.17) is 4.74 Å². The van der Waals surface area contributed by atoms with Gasteiger partial charge in [0.25, 0.3) is 5.91 Å². The smallest absolute Gasteiger partial charge is 0.322 e. The highest BCUT2D eigenvalue weighted by atomic mass is 16.5. The average Bonchev–Trinajstić information content (AvgIpc) is 2.73. The molecule has 0 aromatic carbocycles. The Kier molecular flexibility index (Phi) is 3.25. The zero-order valence-electron chi connectivity index (χ0n) is 11.2. The standard InChI is InChI=1S/C12H18N4O4/c17-9-12(14-10(18)13-9)2-1-3-16(8-12)11(19)15-4-6-20-7-5-15/h1-8H2,(H2,13,14,17,18). The number of carbonyl (C=O) groups excluding carboxylic acids is 3. The third kappa shape index (κ3) is 2.20. The van der Waals surface area contributed by atoms with Gasteiger partial charge in [0.05, 0.1) is 19.8 Å². The quantitative estimate of drug-likeness (QED) is 0.564. The van der Waals surface area contributed by atoms with Gasteiger partial charge in [0.2, 0.25) is 0 Å². The second-order valence-electron chi connectivity index (χ2n) is 5.40. The van der Waals surface area contributed by atoms with E-state index < -0.39 is 11.6 Å². The summed E-state index contributed by atoms with van der Waals surface area (Å²) in [5.41, 5.74) is -0.947. The molecular formula is C12H18N4O4. The van der Waals surface area contributed by atoms with Crippen LogP contribution < -0.4 is 10.6 Å². The van der Waals surface area contributed by atoms with E-state index in [1.54, 1.807) is 9.80 Å². The molecule has 3 aliphatic heterocycles. The highest BCUT2D eigenvalue weighted by Gasteiger charge is 2.49. The number of hydrogen-bond acceptors (Lipinski definition) is 4. The van der Waals surface area contributed by atoms with E-state index in [2.05, 4.69) is 10.6 Å². The Hall–Kier alpha value is -1.83. The fourth-order valence-electron chi connectivity index (χ4n) is 2.99. The Labute approximate surface area is 116 Å². The van der Waals surface area contributed by atoms with Crippen LogP contribution in [0.25, 0.3) is 0 Å². The van der Waals surface area contributed by atoms with Crippen molar-refractivity contribution in [3.8, 4) is 0 Å². The Balaban J connectivity index is 1.70. The summed E-state index contributed by atoms with van der Waals surface area (Å²) < 4.78 is 5.23. The summed E-state index contributed by atoms with van der Waals surface area (Å²) in [6.07, 6.45) is 1.27. The van der Waals surface area contributed by atoms with Gasteiger partial charge < -0.3 is 19.9 Å². The lowest BCUT2D eigenvalue weighted by Crippen LogP contribution is -2.61. The number of nitrogens with zero attached hydrogens (tertiary/aromatic N) is 2. The van der Waals surface area contributed by atoms with Crippen LogP contribution in [0.4, 0.5) is 9.59 Å². The molecule has 8 heteroatoms. The van der Waals surface area contributed by atoms with Crippen LogP contribution in [-0.4, -0.2) is 72.7 Å². The maximum absolute atomic E-state index is 12.4. The highest BCUT2D eigenvalue weighted by molar-refractivity contribution is 6.07. The van der Waals surface area contributed by atoms with Gasteiger partial charge in [-0.15, -0.1) is 0 Å². The molecule has 5 amide bonds. The molecule has 8 nitrogen and oxygen atoms in total. The van der Waals surface area contributed by atoms with Crippen LogP contribution in [0.2, 0.25) is 0 Å². The number of likely N-dealkylation sites (tertiary alicyclic amines) is 1. The molecule has 0 aromatic rings. The number of carbonyl (C=O) groups is 3. The van der Waals surface area contributed by atoms with Gasteiger partial charge in [-0.25, -0.2) is 9.59 Å². The molecule has 0 saturated carbocycles. The van der Waals surface area contributed by atoms with Gasteiger partial charge in [0.1, 0.15) is 5.54 Å². The molecule has 110 valence electrons. The van der Waals surface area contributed by atoms with Gasteiger partial charge in [-0.05, 0) is 12.8 Å². The summed E-state index contributed by atoms with van der Waals surface area (Å²) in [6, 6.07) is -0.558. The average molecular weight is 282 g/mol. The number of nitrogens with one attached hydrogen (secondary N) is 2. The summed E-state index contributed by atoms with van der Waals surface area (Å²) in [5, 5.41) is 4.93. The predicted octanol–water partition coefficient (Wildman–Crippen LogP) is -0.887. The summed E-state index contributed by atoms with van der Waals surface area (Å²) in [6.45, 7) is 3.08. The predicted molar refractivity (Wildman–Crippen MR) is 68.0 cm³/mol. The number of morpholine rings is 1. The van der Waals surface area contributed by atoms with Gasteiger partial charge in [-0.2, -0.15) is 0 Å². The van der Waals surface area contributed by atoms with Crippen molar-refractivity contribution in [3.63, 3.8) is 0 Å². The minimum Gasteiger partial charge on any atom is -0.378 e. The summed E-state index contributed by atoms with van der Waals surface area (Å²) >= 11 is 0. The summed E-state index contributed by atoms with van der Waals surface area (Å²) in [7, 11) is 0. The first-order valence-corrected chi connectivity index (χ1v) is 6.86. The minimum atomic E-state index is -0.947. The second kappa shape index (κ2) is 4.93. The lowest BCUT2D eigenvalue weighted by Gasteiger charge is -2.40. The summed E-state index contributed by atoms with van der Waals surface area (Å²) in [4.78, 5) is 39.1. The van der Waals surface area contributed by atoms with Crippen molar-refractivity contribution >= 4 is 18.0 Å². The number of ether oxygens (including phenoxy) is 1. The van der Waals surface area contributed by atoms with Gasteiger partial charge in [0, 0.05) is 19.6 Å². The van der Waals surface area contributed by atoms with Crippen LogP contribution in [0.5, 0.6) is 0 Å². The van der Waals surface area contributed by atoms with Crippen molar-refractivity contribution in [2.45, 2.75) is 18.4 Å². The molecule has 1 spiro atoms. The normalized spacial score (nSPS) is 30.4. The molecule has 3 saturated heterocycles. The summed E-state index contributed by atoms with van der Waals surface area (Å²) in [5.74, 6) is -0.332. The molecule has 3 aliphatic rings. The fourth-order valence-corrected chi connectivity index (χ4v) is 2.99. The van der Waals surface area contributed by atoms with E-state index >= 15 is 0 Å². The number of urea groups is 2. The van der Waals surface area contributed by atoms with E-state index in [1.807, 2.05) is 0 Å². The molecule has 1 atom stereocenters. The van der Waals surface area contributed by atoms with Gasteiger partial charge in [-0.1, -0.05) is 0 Å². The lowest BCUT2D eigenvalue weighted by atomic mass is 9.89. The second-order valence-corrected chi connectivity index (χ2v) is 5.40. The zero-order chi connectivity index (χ0) is 14.2. The van der Waals surface area contributed by atoms with Gasteiger partial charge >= 0.3 is 12.1 Å². The molecule has 0 aliphatic carbocycles. The number of piperidine rings is 1. The maximum atomic E-state index is 12.4. The first-order valence-electron chi connectivity index (χ1n) is 6.86. The highest BCUT2D eigenvalue weighted by Crippen LogP contribution is 2.25. The van der Waals surface area contributed by atoms with Crippen molar-refractivity contribution in [2.75, 3.05) is 39.4 Å². The van der Waals surface area contributed by atoms with Crippen molar-refractivity contribution in [3.05, 3.63) is 0 Å². The Morgan fingerprint density at radius 1 is 1.15 bits per heavy atom. The van der Waals surface area contributed by atoms with E-state index in [0.29, 0.717) is 45.7 Å². The lowest BCUT2D eigenvalue weighted by molar-refractivity contribution is -0.125. The van der Waals surface area contributed by atoms with Crippen molar-refractivity contribution in [1.29, 1.82) is 0 Å². The van der Waals surface area contributed by atoms with Crippen molar-refractivity contribution in [1.82, 2.24) is 20.4 Å². The van der Waals surface area contributed by atoms with E-state index in [-0.39, 0.29) is 18.5 Å². The van der Waals surface area contributed by atoms with E-state index in [1.165, 1.54) is 0 Å². The van der Waals surface area contributed by atoms with Gasteiger partial charge in [0.15, 0.2) is 0 Å². The fraction of sp³-hybridized carbons (Fsp3) is 0.750. The zero-order valence-corrected chi connectivity index (χ0v) is 11.2. The number of rotatable bonds is 0. The minimum absolute atomic E-state index is 0.0821. The molecular weight excluding hydrogens is 264 g/mol. The molecule has 20 heavy (non-hydrogen) atoms. The van der Waals surface area contributed by atoms with Crippen LogP contribution in [0.15, 0.2) is 0 Å². The van der Waals surface area contributed by atoms with Crippen LogP contribution >= 0.6 is 0 Å². The van der Waals surface area contributed by atoms with Crippen LogP contribution in [0, 0.1) is 0 Å². The number of hydrogen-bond donors (Lipinski definition) is 2. The first-order chi connectivity index (χ1) is 9.61. The topological polar surface area (TPSA) is 91.0 Å². The molecule has 1 unspecified atom stereocenters. The molecule has 0 aromatic heterocycles. The largest absolute Gasteiger partial charge is 0.378 e. The Morgan fingerprint density at radius 3 is 2.55 bits per heavy atom. The maximum Gasteiger partial charge on any atom is 0.322 e.